The van der Waals surface area contributed by atoms with Crippen LogP contribution < -0.4 is 0 Å². The van der Waals surface area contributed by atoms with Crippen molar-refractivity contribution < 1.29 is 9.38 Å². The predicted octanol–water partition coefficient (Wildman–Crippen LogP) is 4.45. The lowest BCUT2D eigenvalue weighted by molar-refractivity contribution is -0.853. The quantitative estimate of drug-likeness (QED) is 0.656. The number of hydroxylamine groups is 3. The minimum atomic E-state index is -0.689. The number of hydrogen-bond donors (Lipinski definition) is 1. The van der Waals surface area contributed by atoms with E-state index in [0.29, 0.717) is 23.2 Å². The van der Waals surface area contributed by atoms with E-state index in [4.69, 9.17) is 16.3 Å². The van der Waals surface area contributed by atoms with Gasteiger partial charge in [-0.15, -0.1) is 0 Å². The molecule has 0 radical (unpaired) electrons. The van der Waals surface area contributed by atoms with Gasteiger partial charge in [-0.25, -0.2) is 4.99 Å². The van der Waals surface area contributed by atoms with Crippen LogP contribution in [0.3, 0.4) is 0 Å². The molecule has 0 amide bonds. The van der Waals surface area contributed by atoms with E-state index >= 15 is 0 Å². The number of nitrogens with zero attached hydrogens (tertiary/aromatic N) is 2. The van der Waals surface area contributed by atoms with Gasteiger partial charge in [0.25, 0.3) is 0 Å². The molecule has 128 valence electrons. The van der Waals surface area contributed by atoms with E-state index in [1.54, 1.807) is 7.05 Å². The number of hydrogen-bond acceptors (Lipinski definition) is 3. The number of ether oxygens (including phenoxy) is 1. The number of aromatic amines is 1. The fourth-order valence-electron chi connectivity index (χ4n) is 3.25. The molecule has 1 aromatic heterocycles. The number of rotatable bonds is 4. The highest BCUT2D eigenvalue weighted by Gasteiger charge is 2.41. The molecule has 0 fully saturated rings. The topological polar surface area (TPSA) is 60.4 Å². The Morgan fingerprint density at radius 2 is 2.08 bits per heavy atom. The van der Waals surface area contributed by atoms with Crippen molar-refractivity contribution in [3.63, 3.8) is 0 Å². The molecule has 1 N–H and O–H groups in total. The number of quaternary nitrogens is 1. The maximum absolute atomic E-state index is 13.4. The van der Waals surface area contributed by atoms with Gasteiger partial charge in [0.05, 0.1) is 14.2 Å². The highest BCUT2D eigenvalue weighted by molar-refractivity contribution is 6.67. The molecule has 0 bridgehead atoms. The van der Waals surface area contributed by atoms with Crippen molar-refractivity contribution in [2.45, 2.75) is 26.3 Å². The summed E-state index contributed by atoms with van der Waals surface area (Å²) in [5.74, 6) is 0.618. The molecular formula is C18H22ClN3O2. The summed E-state index contributed by atoms with van der Waals surface area (Å²) in [6.07, 6.45) is 2.49. The predicted molar refractivity (Wildman–Crippen MR) is 98.3 cm³/mol. The van der Waals surface area contributed by atoms with Crippen LogP contribution in [-0.2, 0) is 4.74 Å². The molecule has 24 heavy (non-hydrogen) atoms. The number of nitrogens with one attached hydrogen (secondary N) is 1. The molecule has 6 heteroatoms. The molecule has 3 rings (SSSR count). The highest BCUT2D eigenvalue weighted by Crippen LogP contribution is 2.39. The average Bonchev–Trinajstić information content (AvgIpc) is 2.94. The largest absolute Gasteiger partial charge is 0.625 e. The number of benzene rings is 1. The molecule has 0 spiro atoms. The number of aromatic nitrogens is 1. The van der Waals surface area contributed by atoms with E-state index in [-0.39, 0.29) is 5.88 Å². The van der Waals surface area contributed by atoms with E-state index in [9.17, 15) is 5.21 Å². The van der Waals surface area contributed by atoms with Crippen molar-refractivity contribution in [3.05, 3.63) is 47.1 Å². The molecular weight excluding hydrogens is 326 g/mol. The monoisotopic (exact) mass is 347 g/mol. The summed E-state index contributed by atoms with van der Waals surface area (Å²) in [5.41, 5.74) is 2.30. The Bertz CT molecular complexity index is 821. The lowest BCUT2D eigenvalue weighted by atomic mass is 10.0. The van der Waals surface area contributed by atoms with E-state index in [2.05, 4.69) is 23.8 Å². The van der Waals surface area contributed by atoms with Crippen LogP contribution >= 0.6 is 11.6 Å². The normalized spacial score (nSPS) is 24.6. The Kier molecular flexibility index (Phi) is 4.42. The van der Waals surface area contributed by atoms with Gasteiger partial charge in [0, 0.05) is 29.1 Å². The van der Waals surface area contributed by atoms with Gasteiger partial charge in [-0.1, -0.05) is 43.6 Å². The second kappa shape index (κ2) is 6.24. The number of H-pyrrole nitrogens is 1. The summed E-state index contributed by atoms with van der Waals surface area (Å²) in [6, 6.07) is 7.42. The Labute approximate surface area is 146 Å². The van der Waals surface area contributed by atoms with Crippen molar-refractivity contribution in [1.29, 1.82) is 0 Å². The van der Waals surface area contributed by atoms with Gasteiger partial charge in [-0.2, -0.15) is 0 Å². The summed E-state index contributed by atoms with van der Waals surface area (Å²) in [7, 11) is 3.09. The molecule has 1 aromatic carbocycles. The van der Waals surface area contributed by atoms with Crippen LogP contribution in [0.1, 0.15) is 25.8 Å². The van der Waals surface area contributed by atoms with E-state index in [0.717, 1.165) is 16.5 Å². The van der Waals surface area contributed by atoms with Gasteiger partial charge < -0.3 is 14.9 Å². The summed E-state index contributed by atoms with van der Waals surface area (Å²) < 4.78 is 4.82. The second-order valence-electron chi connectivity index (χ2n) is 6.68. The molecule has 0 saturated heterocycles. The summed E-state index contributed by atoms with van der Waals surface area (Å²) in [6.45, 7) is 4.13. The first-order valence-electron chi connectivity index (χ1n) is 8.02. The van der Waals surface area contributed by atoms with Crippen molar-refractivity contribution >= 4 is 33.4 Å². The fraction of sp³-hybridized carbons (Fsp3) is 0.389. The molecule has 2 atom stereocenters. The number of aliphatic imine (C=N–C) groups is 1. The Morgan fingerprint density at radius 1 is 1.38 bits per heavy atom. The lowest BCUT2D eigenvalue weighted by Crippen LogP contribution is -2.52. The smallest absolute Gasteiger partial charge is 0.318 e. The third-order valence-corrected chi connectivity index (χ3v) is 4.76. The van der Waals surface area contributed by atoms with E-state index in [1.807, 2.05) is 30.5 Å². The van der Waals surface area contributed by atoms with Gasteiger partial charge in [0.2, 0.25) is 0 Å². The van der Waals surface area contributed by atoms with Crippen LogP contribution in [0, 0.1) is 11.1 Å². The summed E-state index contributed by atoms with van der Waals surface area (Å²) >= 11 is 6.43. The van der Waals surface area contributed by atoms with Gasteiger partial charge in [0.15, 0.2) is 10.9 Å². The average molecular weight is 348 g/mol. The Morgan fingerprint density at radius 3 is 2.75 bits per heavy atom. The Balaban J connectivity index is 2.18. The first-order chi connectivity index (χ1) is 11.4. The van der Waals surface area contributed by atoms with Gasteiger partial charge in [-0.05, 0) is 12.0 Å². The zero-order valence-corrected chi connectivity index (χ0v) is 15.1. The minimum Gasteiger partial charge on any atom is -0.625 e. The van der Waals surface area contributed by atoms with Crippen LogP contribution in [0.4, 0.5) is 0 Å². The minimum absolute atomic E-state index is 0.287. The molecule has 5 nitrogen and oxygen atoms in total. The van der Waals surface area contributed by atoms with Crippen LogP contribution in [0.5, 0.6) is 0 Å². The van der Waals surface area contributed by atoms with Crippen molar-refractivity contribution in [2.75, 3.05) is 14.2 Å². The molecule has 0 aliphatic carbocycles. The number of fused-ring (bicyclic) bond motifs is 1. The molecule has 0 saturated carbocycles. The number of para-hydroxylation sites is 1. The number of methoxy groups -OCH3 is 1. The third kappa shape index (κ3) is 2.73. The van der Waals surface area contributed by atoms with Crippen molar-refractivity contribution in [2.24, 2.45) is 10.9 Å². The third-order valence-electron chi connectivity index (χ3n) is 4.43. The van der Waals surface area contributed by atoms with Gasteiger partial charge >= 0.3 is 5.88 Å². The Hall–Kier alpha value is -1.82. The fourth-order valence-corrected chi connectivity index (χ4v) is 3.61. The SMILES string of the molecule is COC1=C(c2c[nH]c3ccccc23)N=C(Cl)C(CC(C)C)[N+]1(C)[O-]. The number of halogens is 1. The zero-order valence-electron chi connectivity index (χ0n) is 14.3. The van der Waals surface area contributed by atoms with E-state index in [1.165, 1.54) is 7.11 Å². The van der Waals surface area contributed by atoms with Gasteiger partial charge in [-0.3, -0.25) is 4.65 Å². The lowest BCUT2D eigenvalue weighted by Gasteiger charge is -2.46. The second-order valence-corrected chi connectivity index (χ2v) is 7.06. The first kappa shape index (κ1) is 17.0. The molecule has 1 aliphatic rings. The maximum atomic E-state index is 13.4. The maximum Gasteiger partial charge on any atom is 0.318 e. The molecule has 2 heterocycles. The van der Waals surface area contributed by atoms with Crippen molar-refractivity contribution in [1.82, 2.24) is 4.98 Å². The first-order valence-corrected chi connectivity index (χ1v) is 8.40. The van der Waals surface area contributed by atoms with Crippen LogP contribution in [0.2, 0.25) is 0 Å². The zero-order chi connectivity index (χ0) is 17.5. The molecule has 1 aliphatic heterocycles. The van der Waals surface area contributed by atoms with E-state index < -0.39 is 10.7 Å². The molecule has 2 aromatic rings. The van der Waals surface area contributed by atoms with Crippen molar-refractivity contribution in [3.8, 4) is 0 Å². The van der Waals surface area contributed by atoms with Gasteiger partial charge in [0.1, 0.15) is 6.04 Å². The van der Waals surface area contributed by atoms with Crippen LogP contribution in [0.15, 0.2) is 41.3 Å². The summed E-state index contributed by atoms with van der Waals surface area (Å²) in [4.78, 5) is 7.76. The molecule has 2 unspecified atom stereocenters. The summed E-state index contributed by atoms with van der Waals surface area (Å²) in [5, 5.41) is 14.7. The highest BCUT2D eigenvalue weighted by atomic mass is 35.5. The van der Waals surface area contributed by atoms with Crippen LogP contribution in [-0.4, -0.2) is 35.0 Å². The standard InChI is InChI=1S/C18H22ClN3O2/c1-11(2)9-15-17(19)21-16(18(24-4)22(15,3)23)13-10-20-14-8-6-5-7-12(13)14/h5-8,10-11,15,20H,9H2,1-4H3. The van der Waals surface area contributed by atoms with Crippen LogP contribution in [0.25, 0.3) is 16.6 Å².